The lowest BCUT2D eigenvalue weighted by atomic mass is 9.93. The summed E-state index contributed by atoms with van der Waals surface area (Å²) in [4.78, 5) is 25.5. The quantitative estimate of drug-likeness (QED) is 0.874. The molecule has 6 heteroatoms. The van der Waals surface area contributed by atoms with E-state index < -0.39 is 5.97 Å². The van der Waals surface area contributed by atoms with Gasteiger partial charge in [-0.1, -0.05) is 6.92 Å². The molecule has 0 spiro atoms. The van der Waals surface area contributed by atoms with Crippen LogP contribution in [0.15, 0.2) is 0 Å². The Labute approximate surface area is 137 Å². The number of carbonyl (C=O) groups excluding carboxylic acids is 1. The van der Waals surface area contributed by atoms with E-state index in [1.165, 1.54) is 0 Å². The van der Waals surface area contributed by atoms with Gasteiger partial charge >= 0.3 is 5.97 Å². The Morgan fingerprint density at radius 1 is 1.35 bits per heavy atom. The van der Waals surface area contributed by atoms with E-state index in [0.717, 1.165) is 49.3 Å². The first kappa shape index (κ1) is 17.5. The van der Waals surface area contributed by atoms with Crippen LogP contribution in [0, 0.1) is 19.8 Å². The van der Waals surface area contributed by atoms with Crippen LogP contribution in [0.3, 0.4) is 0 Å². The predicted molar refractivity (Wildman–Crippen MR) is 87.5 cm³/mol. The van der Waals surface area contributed by atoms with Crippen molar-refractivity contribution in [2.75, 3.05) is 13.1 Å². The summed E-state index contributed by atoms with van der Waals surface area (Å²) in [5.41, 5.74) is 2.44. The number of aryl methyl sites for hydroxylation is 2. The molecule has 1 atom stereocenters. The Kier molecular flexibility index (Phi) is 5.80. The number of carboxylic acid groups (broad SMARTS) is 1. The number of aromatic nitrogens is 2. The number of carboxylic acids is 1. The van der Waals surface area contributed by atoms with Crippen LogP contribution in [-0.4, -0.2) is 44.8 Å². The third-order valence-electron chi connectivity index (χ3n) is 4.60. The van der Waals surface area contributed by atoms with Gasteiger partial charge in [-0.25, -0.2) is 0 Å². The molecule has 2 heterocycles. The molecule has 23 heavy (non-hydrogen) atoms. The number of amides is 1. The topological polar surface area (TPSA) is 75.4 Å². The van der Waals surface area contributed by atoms with Crippen molar-refractivity contribution in [2.45, 2.75) is 59.4 Å². The van der Waals surface area contributed by atoms with Crippen molar-refractivity contribution in [2.24, 2.45) is 5.92 Å². The molecule has 0 aliphatic carbocycles. The first-order chi connectivity index (χ1) is 10.9. The van der Waals surface area contributed by atoms with E-state index in [4.69, 9.17) is 5.11 Å². The van der Waals surface area contributed by atoms with Gasteiger partial charge in [-0.3, -0.25) is 14.3 Å². The number of likely N-dealkylation sites (tertiary alicyclic amines) is 1. The first-order valence-electron chi connectivity index (χ1n) is 8.49. The van der Waals surface area contributed by atoms with Crippen molar-refractivity contribution in [3.63, 3.8) is 0 Å². The van der Waals surface area contributed by atoms with Crippen molar-refractivity contribution in [1.82, 2.24) is 14.7 Å². The van der Waals surface area contributed by atoms with Gasteiger partial charge in [0.15, 0.2) is 0 Å². The molecule has 1 saturated heterocycles. The SMILES string of the molecule is CCCn1nc(C)c(C(=O)N2CCC[C@H](CCC(=O)O)C2)c1C. The molecule has 6 nitrogen and oxygen atoms in total. The van der Waals surface area contributed by atoms with Crippen molar-refractivity contribution in [3.05, 3.63) is 17.0 Å². The molecule has 1 N–H and O–H groups in total. The second-order valence-corrected chi connectivity index (χ2v) is 6.46. The van der Waals surface area contributed by atoms with E-state index in [2.05, 4.69) is 12.0 Å². The Bertz CT molecular complexity index is 580. The molecule has 1 aromatic heterocycles. The third kappa shape index (κ3) is 4.12. The molecule has 0 unspecified atom stereocenters. The third-order valence-corrected chi connectivity index (χ3v) is 4.60. The van der Waals surface area contributed by atoms with Gasteiger partial charge in [0.25, 0.3) is 5.91 Å². The molecule has 1 amide bonds. The van der Waals surface area contributed by atoms with E-state index in [-0.39, 0.29) is 18.2 Å². The van der Waals surface area contributed by atoms with Crippen molar-refractivity contribution >= 4 is 11.9 Å². The number of piperidine rings is 1. The van der Waals surface area contributed by atoms with Crippen molar-refractivity contribution in [1.29, 1.82) is 0 Å². The summed E-state index contributed by atoms with van der Waals surface area (Å²) >= 11 is 0. The zero-order valence-electron chi connectivity index (χ0n) is 14.3. The lowest BCUT2D eigenvalue weighted by Gasteiger charge is -2.32. The Hall–Kier alpha value is -1.85. The van der Waals surface area contributed by atoms with Crippen molar-refractivity contribution < 1.29 is 14.7 Å². The highest BCUT2D eigenvalue weighted by atomic mass is 16.4. The summed E-state index contributed by atoms with van der Waals surface area (Å²) in [6, 6.07) is 0. The second kappa shape index (κ2) is 7.62. The van der Waals surface area contributed by atoms with Gasteiger partial charge in [-0.05, 0) is 45.4 Å². The molecule has 128 valence electrons. The fraction of sp³-hybridized carbons (Fsp3) is 0.706. The standard InChI is InChI=1S/C17H27N3O3/c1-4-9-20-13(3)16(12(2)18-20)17(23)19-10-5-6-14(11-19)7-8-15(21)22/h14H,4-11H2,1-3H3,(H,21,22)/t14-/m1/s1. The zero-order valence-corrected chi connectivity index (χ0v) is 14.3. The lowest BCUT2D eigenvalue weighted by Crippen LogP contribution is -2.40. The highest BCUT2D eigenvalue weighted by Crippen LogP contribution is 2.24. The van der Waals surface area contributed by atoms with Crippen LogP contribution in [0.1, 0.15) is 60.8 Å². The van der Waals surface area contributed by atoms with Gasteiger partial charge in [0.05, 0.1) is 11.3 Å². The monoisotopic (exact) mass is 321 g/mol. The van der Waals surface area contributed by atoms with Crippen LogP contribution in [0.25, 0.3) is 0 Å². The summed E-state index contributed by atoms with van der Waals surface area (Å²) in [5, 5.41) is 13.3. The average molecular weight is 321 g/mol. The van der Waals surface area contributed by atoms with E-state index in [0.29, 0.717) is 13.0 Å². The summed E-state index contributed by atoms with van der Waals surface area (Å²) in [6.45, 7) is 8.16. The fourth-order valence-corrected chi connectivity index (χ4v) is 3.41. The molecule has 2 rings (SSSR count). The summed E-state index contributed by atoms with van der Waals surface area (Å²) in [7, 11) is 0. The number of hydrogen-bond donors (Lipinski definition) is 1. The smallest absolute Gasteiger partial charge is 0.303 e. The van der Waals surface area contributed by atoms with Gasteiger partial charge < -0.3 is 10.0 Å². The Balaban J connectivity index is 2.09. The zero-order chi connectivity index (χ0) is 17.0. The second-order valence-electron chi connectivity index (χ2n) is 6.46. The summed E-state index contributed by atoms with van der Waals surface area (Å²) in [6.07, 6.45) is 3.75. The fourth-order valence-electron chi connectivity index (χ4n) is 3.41. The molecule has 1 aromatic rings. The molecule has 0 radical (unpaired) electrons. The number of rotatable bonds is 6. The van der Waals surface area contributed by atoms with Crippen molar-refractivity contribution in [3.8, 4) is 0 Å². The highest BCUT2D eigenvalue weighted by Gasteiger charge is 2.28. The largest absolute Gasteiger partial charge is 0.481 e. The number of nitrogens with zero attached hydrogens (tertiary/aromatic N) is 3. The van der Waals surface area contributed by atoms with Gasteiger partial charge in [0, 0.05) is 31.7 Å². The normalized spacial score (nSPS) is 18.2. The maximum absolute atomic E-state index is 12.9. The molecule has 0 saturated carbocycles. The van der Waals surface area contributed by atoms with Gasteiger partial charge in [0.2, 0.25) is 0 Å². The molecule has 0 aromatic carbocycles. The lowest BCUT2D eigenvalue weighted by molar-refractivity contribution is -0.137. The summed E-state index contributed by atoms with van der Waals surface area (Å²) in [5.74, 6) is -0.432. The highest BCUT2D eigenvalue weighted by molar-refractivity contribution is 5.96. The van der Waals surface area contributed by atoms with Crippen LogP contribution < -0.4 is 0 Å². The Morgan fingerprint density at radius 3 is 2.74 bits per heavy atom. The van der Waals surface area contributed by atoms with Crippen LogP contribution in [0.4, 0.5) is 0 Å². The number of aliphatic carboxylic acids is 1. The van der Waals surface area contributed by atoms with Gasteiger partial charge in [-0.15, -0.1) is 0 Å². The maximum atomic E-state index is 12.9. The van der Waals surface area contributed by atoms with Crippen LogP contribution >= 0.6 is 0 Å². The van der Waals surface area contributed by atoms with Crippen LogP contribution in [-0.2, 0) is 11.3 Å². The van der Waals surface area contributed by atoms with E-state index in [9.17, 15) is 9.59 Å². The van der Waals surface area contributed by atoms with Crippen LogP contribution in [0.5, 0.6) is 0 Å². The Morgan fingerprint density at radius 2 is 2.09 bits per heavy atom. The maximum Gasteiger partial charge on any atom is 0.303 e. The molecular weight excluding hydrogens is 294 g/mol. The number of carbonyl (C=O) groups is 2. The number of hydrogen-bond acceptors (Lipinski definition) is 3. The van der Waals surface area contributed by atoms with Crippen LogP contribution in [0.2, 0.25) is 0 Å². The van der Waals surface area contributed by atoms with Gasteiger partial charge in [-0.2, -0.15) is 5.10 Å². The minimum absolute atomic E-state index is 0.0439. The van der Waals surface area contributed by atoms with E-state index >= 15 is 0 Å². The molecular formula is C17H27N3O3. The average Bonchev–Trinajstić information content (AvgIpc) is 2.79. The molecule has 1 fully saturated rings. The predicted octanol–water partition coefficient (Wildman–Crippen LogP) is 2.63. The summed E-state index contributed by atoms with van der Waals surface area (Å²) < 4.78 is 1.91. The van der Waals surface area contributed by atoms with E-state index in [1.54, 1.807) is 0 Å². The minimum atomic E-state index is -0.763. The molecule has 1 aliphatic heterocycles. The first-order valence-corrected chi connectivity index (χ1v) is 8.49. The molecule has 0 bridgehead atoms. The molecule has 1 aliphatic rings. The van der Waals surface area contributed by atoms with Gasteiger partial charge in [0.1, 0.15) is 0 Å². The minimum Gasteiger partial charge on any atom is -0.481 e. The van der Waals surface area contributed by atoms with E-state index in [1.807, 2.05) is 23.4 Å².